The zero-order valence-electron chi connectivity index (χ0n) is 10.3. The highest BCUT2D eigenvalue weighted by molar-refractivity contribution is 6.32. The summed E-state index contributed by atoms with van der Waals surface area (Å²) in [6.07, 6.45) is 5.41. The molecule has 0 spiro atoms. The maximum absolute atomic E-state index is 8.74. The first-order valence-electron chi connectivity index (χ1n) is 6.01. The predicted octanol–water partition coefficient (Wildman–Crippen LogP) is 3.62. The van der Waals surface area contributed by atoms with Gasteiger partial charge in [-0.25, -0.2) is 0 Å². The highest BCUT2D eigenvalue weighted by Gasteiger charge is 2.02. The molecular weight excluding hydrogens is 260 g/mol. The normalized spacial score (nSPS) is 9.89. The molecule has 0 saturated heterocycles. The standard InChI is InChI=1S/C15H13ClN2O/c16-14-10-13(11-17)3-4-15(14)19-9-1-2-12-5-7-18-8-6-12/h3-8,10H,1-2,9H2. The van der Waals surface area contributed by atoms with Crippen molar-refractivity contribution in [2.75, 3.05) is 6.61 Å². The van der Waals surface area contributed by atoms with Gasteiger partial charge in [0, 0.05) is 12.4 Å². The maximum Gasteiger partial charge on any atom is 0.137 e. The summed E-state index contributed by atoms with van der Waals surface area (Å²) in [5, 5.41) is 9.21. The Bertz CT molecular complexity index is 578. The number of hydrogen-bond donors (Lipinski definition) is 0. The fourth-order valence-electron chi connectivity index (χ4n) is 1.70. The van der Waals surface area contributed by atoms with Gasteiger partial charge in [-0.2, -0.15) is 5.26 Å². The molecule has 0 saturated carbocycles. The smallest absolute Gasteiger partial charge is 0.137 e. The Labute approximate surface area is 117 Å². The van der Waals surface area contributed by atoms with Gasteiger partial charge in [-0.15, -0.1) is 0 Å². The van der Waals surface area contributed by atoms with Gasteiger partial charge in [-0.3, -0.25) is 4.98 Å². The Kier molecular flexibility index (Phi) is 4.77. The molecule has 2 rings (SSSR count). The molecule has 0 bridgehead atoms. The lowest BCUT2D eigenvalue weighted by Gasteiger charge is -2.08. The second-order valence-corrected chi connectivity index (χ2v) is 4.47. The van der Waals surface area contributed by atoms with Gasteiger partial charge in [-0.05, 0) is 48.7 Å². The minimum Gasteiger partial charge on any atom is -0.492 e. The molecule has 1 aromatic heterocycles. The lowest BCUT2D eigenvalue weighted by Crippen LogP contribution is -2.00. The van der Waals surface area contributed by atoms with E-state index in [2.05, 4.69) is 4.98 Å². The molecule has 3 nitrogen and oxygen atoms in total. The Morgan fingerprint density at radius 2 is 2.00 bits per heavy atom. The lowest BCUT2D eigenvalue weighted by atomic mass is 10.1. The number of benzene rings is 1. The molecular formula is C15H13ClN2O. The van der Waals surface area contributed by atoms with E-state index in [4.69, 9.17) is 21.6 Å². The van der Waals surface area contributed by atoms with Gasteiger partial charge in [0.25, 0.3) is 0 Å². The molecule has 0 fully saturated rings. The van der Waals surface area contributed by atoms with Crippen molar-refractivity contribution in [2.24, 2.45) is 0 Å². The quantitative estimate of drug-likeness (QED) is 0.781. The molecule has 96 valence electrons. The molecule has 0 atom stereocenters. The van der Waals surface area contributed by atoms with Crippen molar-refractivity contribution in [1.82, 2.24) is 4.98 Å². The predicted molar refractivity (Wildman–Crippen MR) is 74.2 cm³/mol. The minimum absolute atomic E-state index is 0.475. The summed E-state index contributed by atoms with van der Waals surface area (Å²) < 4.78 is 5.60. The molecule has 19 heavy (non-hydrogen) atoms. The van der Waals surface area contributed by atoms with Crippen LogP contribution in [0.4, 0.5) is 0 Å². The van der Waals surface area contributed by atoms with E-state index in [1.54, 1.807) is 30.6 Å². The summed E-state index contributed by atoms with van der Waals surface area (Å²) in [5.74, 6) is 0.621. The number of halogens is 1. The Morgan fingerprint density at radius 1 is 1.21 bits per heavy atom. The van der Waals surface area contributed by atoms with E-state index in [-0.39, 0.29) is 0 Å². The van der Waals surface area contributed by atoms with E-state index in [1.165, 1.54) is 5.56 Å². The van der Waals surface area contributed by atoms with Crippen LogP contribution >= 0.6 is 11.6 Å². The van der Waals surface area contributed by atoms with Crippen molar-refractivity contribution < 1.29 is 4.74 Å². The van der Waals surface area contributed by atoms with Crippen LogP contribution in [-0.4, -0.2) is 11.6 Å². The number of hydrogen-bond acceptors (Lipinski definition) is 3. The topological polar surface area (TPSA) is 45.9 Å². The molecule has 0 aliphatic carbocycles. The maximum atomic E-state index is 8.74. The van der Waals surface area contributed by atoms with Crippen molar-refractivity contribution in [3.05, 3.63) is 58.9 Å². The summed E-state index contributed by atoms with van der Waals surface area (Å²) in [6, 6.07) is 11.1. The highest BCUT2D eigenvalue weighted by Crippen LogP contribution is 2.25. The van der Waals surface area contributed by atoms with Crippen LogP contribution in [0.15, 0.2) is 42.7 Å². The Balaban J connectivity index is 1.82. The highest BCUT2D eigenvalue weighted by atomic mass is 35.5. The molecule has 1 aromatic carbocycles. The second-order valence-electron chi connectivity index (χ2n) is 4.06. The van der Waals surface area contributed by atoms with Crippen molar-refractivity contribution in [1.29, 1.82) is 5.26 Å². The molecule has 0 radical (unpaired) electrons. The first-order valence-corrected chi connectivity index (χ1v) is 6.39. The van der Waals surface area contributed by atoms with Crippen LogP contribution in [0.25, 0.3) is 0 Å². The molecule has 0 aliphatic heterocycles. The van der Waals surface area contributed by atoms with Crippen LogP contribution < -0.4 is 4.74 Å². The summed E-state index contributed by atoms with van der Waals surface area (Å²) in [5.41, 5.74) is 1.78. The van der Waals surface area contributed by atoms with Gasteiger partial charge < -0.3 is 4.74 Å². The molecule has 0 amide bonds. The van der Waals surface area contributed by atoms with Gasteiger partial charge in [0.05, 0.1) is 23.3 Å². The van der Waals surface area contributed by atoms with Crippen molar-refractivity contribution in [3.8, 4) is 11.8 Å². The van der Waals surface area contributed by atoms with E-state index in [9.17, 15) is 0 Å². The van der Waals surface area contributed by atoms with Gasteiger partial charge in [0.1, 0.15) is 5.75 Å². The van der Waals surface area contributed by atoms with E-state index < -0.39 is 0 Å². The van der Waals surface area contributed by atoms with Crippen molar-refractivity contribution in [2.45, 2.75) is 12.8 Å². The fraction of sp³-hybridized carbons (Fsp3) is 0.200. The fourth-order valence-corrected chi connectivity index (χ4v) is 1.93. The Hall–Kier alpha value is -2.05. The number of pyridine rings is 1. The summed E-state index contributed by atoms with van der Waals surface area (Å²) in [7, 11) is 0. The first-order chi connectivity index (χ1) is 9.29. The van der Waals surface area contributed by atoms with Crippen LogP contribution in [0.1, 0.15) is 17.5 Å². The third-order valence-electron chi connectivity index (χ3n) is 2.68. The van der Waals surface area contributed by atoms with Crippen LogP contribution in [0.5, 0.6) is 5.75 Å². The van der Waals surface area contributed by atoms with Crippen LogP contribution in [-0.2, 0) is 6.42 Å². The van der Waals surface area contributed by atoms with Crippen molar-refractivity contribution >= 4 is 11.6 Å². The van der Waals surface area contributed by atoms with Gasteiger partial charge in [0.15, 0.2) is 0 Å². The van der Waals surface area contributed by atoms with Crippen molar-refractivity contribution in [3.63, 3.8) is 0 Å². The van der Waals surface area contributed by atoms with Crippen LogP contribution in [0.3, 0.4) is 0 Å². The number of rotatable bonds is 5. The van der Waals surface area contributed by atoms with Gasteiger partial charge in [-0.1, -0.05) is 11.6 Å². The lowest BCUT2D eigenvalue weighted by molar-refractivity contribution is 0.311. The number of nitrogens with zero attached hydrogens (tertiary/aromatic N) is 2. The number of nitriles is 1. The molecule has 0 unspecified atom stereocenters. The minimum atomic E-state index is 0.475. The monoisotopic (exact) mass is 272 g/mol. The molecule has 0 N–H and O–H groups in total. The SMILES string of the molecule is N#Cc1ccc(OCCCc2ccncc2)c(Cl)c1. The largest absolute Gasteiger partial charge is 0.492 e. The van der Waals surface area contributed by atoms with E-state index in [1.807, 2.05) is 18.2 Å². The van der Waals surface area contributed by atoms with Crippen LogP contribution in [0.2, 0.25) is 5.02 Å². The van der Waals surface area contributed by atoms with E-state index in [0.717, 1.165) is 12.8 Å². The molecule has 0 aliphatic rings. The number of aromatic nitrogens is 1. The van der Waals surface area contributed by atoms with E-state index >= 15 is 0 Å². The van der Waals surface area contributed by atoms with Gasteiger partial charge >= 0.3 is 0 Å². The third-order valence-corrected chi connectivity index (χ3v) is 2.97. The Morgan fingerprint density at radius 3 is 2.68 bits per heavy atom. The summed E-state index contributed by atoms with van der Waals surface area (Å²) in [6.45, 7) is 0.591. The number of aryl methyl sites for hydroxylation is 1. The first kappa shape index (κ1) is 13.4. The molecule has 2 aromatic rings. The average molecular weight is 273 g/mol. The summed E-state index contributed by atoms with van der Waals surface area (Å²) >= 11 is 6.02. The van der Waals surface area contributed by atoms with E-state index in [0.29, 0.717) is 22.9 Å². The second kappa shape index (κ2) is 6.77. The van der Waals surface area contributed by atoms with Gasteiger partial charge in [0.2, 0.25) is 0 Å². The average Bonchev–Trinajstić information content (AvgIpc) is 2.46. The molecule has 4 heteroatoms. The summed E-state index contributed by atoms with van der Waals surface area (Å²) in [4.78, 5) is 3.97. The zero-order chi connectivity index (χ0) is 13.5. The molecule has 1 heterocycles. The number of ether oxygens (including phenoxy) is 1. The van der Waals surface area contributed by atoms with Crippen LogP contribution in [0, 0.1) is 11.3 Å². The zero-order valence-corrected chi connectivity index (χ0v) is 11.1. The third kappa shape index (κ3) is 3.97.